The van der Waals surface area contributed by atoms with Gasteiger partial charge in [-0.25, -0.2) is 0 Å². The van der Waals surface area contributed by atoms with E-state index in [-0.39, 0.29) is 0 Å². The van der Waals surface area contributed by atoms with Crippen LogP contribution in [0.15, 0.2) is 64.3 Å². The van der Waals surface area contributed by atoms with Crippen molar-refractivity contribution >= 4 is 5.57 Å². The first-order chi connectivity index (χ1) is 8.92. The van der Waals surface area contributed by atoms with Crippen molar-refractivity contribution < 1.29 is 0 Å². The monoisotopic (exact) mass is 230 g/mol. The summed E-state index contributed by atoms with van der Waals surface area (Å²) in [4.78, 5) is 0. The first kappa shape index (κ1) is 9.16. The molecule has 0 bridgehead atoms. The van der Waals surface area contributed by atoms with Crippen LogP contribution in [0.25, 0.3) is 5.57 Å². The van der Waals surface area contributed by atoms with E-state index in [2.05, 4.69) is 36.4 Å². The highest BCUT2D eigenvalue weighted by atomic mass is 14.4. The summed E-state index contributed by atoms with van der Waals surface area (Å²) >= 11 is 0. The summed E-state index contributed by atoms with van der Waals surface area (Å²) in [6.07, 6.45) is 9.46. The third-order valence-corrected chi connectivity index (χ3v) is 4.90. The average Bonchev–Trinajstić information content (AvgIpc) is 3.06. The van der Waals surface area contributed by atoms with Gasteiger partial charge in [-0.1, -0.05) is 42.0 Å². The Morgan fingerprint density at radius 3 is 2.67 bits per heavy atom. The topological polar surface area (TPSA) is 0 Å². The Morgan fingerprint density at radius 2 is 1.67 bits per heavy atom. The number of fused-ring (bicyclic) bond motifs is 4. The van der Waals surface area contributed by atoms with Crippen LogP contribution in [0, 0.1) is 0 Å². The number of rotatable bonds is 0. The summed E-state index contributed by atoms with van der Waals surface area (Å²) < 4.78 is 0. The zero-order valence-corrected chi connectivity index (χ0v) is 10.3. The molecule has 0 atom stereocenters. The van der Waals surface area contributed by atoms with Gasteiger partial charge in [0.05, 0.1) is 0 Å². The third-order valence-electron chi connectivity index (χ3n) is 4.90. The quantitative estimate of drug-likeness (QED) is 0.621. The minimum atomic E-state index is 1.18. The number of allylic oxidation sites excluding steroid dienone is 8. The molecule has 0 saturated heterocycles. The molecule has 1 aromatic rings. The van der Waals surface area contributed by atoms with E-state index in [0.717, 1.165) is 0 Å². The first-order valence-electron chi connectivity index (χ1n) is 6.83. The van der Waals surface area contributed by atoms with E-state index in [0.29, 0.717) is 0 Å². The fourth-order valence-electron chi connectivity index (χ4n) is 4.10. The Kier molecular flexibility index (Phi) is 1.50. The average molecular weight is 230 g/mol. The van der Waals surface area contributed by atoms with Crippen LogP contribution in [0.1, 0.15) is 30.4 Å². The molecule has 0 heterocycles. The highest BCUT2D eigenvalue weighted by molar-refractivity contribution is 5.88. The van der Waals surface area contributed by atoms with E-state index < -0.39 is 0 Å². The van der Waals surface area contributed by atoms with E-state index in [1.807, 2.05) is 0 Å². The van der Waals surface area contributed by atoms with Gasteiger partial charge in [0.25, 0.3) is 0 Å². The van der Waals surface area contributed by atoms with Gasteiger partial charge in [0.15, 0.2) is 0 Å². The molecule has 0 saturated carbocycles. The van der Waals surface area contributed by atoms with Gasteiger partial charge in [0.2, 0.25) is 0 Å². The molecule has 0 N–H and O–H groups in total. The van der Waals surface area contributed by atoms with E-state index in [1.54, 1.807) is 33.4 Å². The summed E-state index contributed by atoms with van der Waals surface area (Å²) in [5.74, 6) is 0. The zero-order chi connectivity index (χ0) is 11.7. The van der Waals surface area contributed by atoms with E-state index in [4.69, 9.17) is 0 Å². The molecule has 0 radical (unpaired) electrons. The fourth-order valence-corrected chi connectivity index (χ4v) is 4.10. The molecule has 0 aromatic heterocycles. The summed E-state index contributed by atoms with van der Waals surface area (Å²) in [5, 5.41) is 0. The minimum absolute atomic E-state index is 1.18. The Hall–Kier alpha value is -1.82. The molecule has 0 unspecified atom stereocenters. The van der Waals surface area contributed by atoms with Crippen molar-refractivity contribution in [2.45, 2.75) is 25.7 Å². The second-order valence-electron chi connectivity index (χ2n) is 5.73. The van der Waals surface area contributed by atoms with Crippen molar-refractivity contribution in [2.24, 2.45) is 0 Å². The van der Waals surface area contributed by atoms with Crippen LogP contribution in [-0.2, 0) is 6.42 Å². The summed E-state index contributed by atoms with van der Waals surface area (Å²) in [6, 6.07) is 8.95. The third kappa shape index (κ3) is 0.940. The van der Waals surface area contributed by atoms with Crippen molar-refractivity contribution in [3.05, 3.63) is 75.4 Å². The SMILES string of the molecule is C1=CC2=C(C1)CC1=C2CC2=C1Cc1ccccc12. The Balaban J connectivity index is 1.63. The molecule has 18 heavy (non-hydrogen) atoms. The van der Waals surface area contributed by atoms with Crippen molar-refractivity contribution in [3.8, 4) is 0 Å². The highest BCUT2D eigenvalue weighted by Gasteiger charge is 2.36. The second-order valence-corrected chi connectivity index (χ2v) is 5.73. The van der Waals surface area contributed by atoms with Gasteiger partial charge in [-0.05, 0) is 64.7 Å². The first-order valence-corrected chi connectivity index (χ1v) is 6.83. The maximum absolute atomic E-state index is 2.35. The Morgan fingerprint density at radius 1 is 0.778 bits per heavy atom. The Labute approximate surface area is 107 Å². The van der Waals surface area contributed by atoms with Gasteiger partial charge in [-0.3, -0.25) is 0 Å². The van der Waals surface area contributed by atoms with Crippen LogP contribution in [-0.4, -0.2) is 0 Å². The van der Waals surface area contributed by atoms with Crippen LogP contribution in [0.4, 0.5) is 0 Å². The van der Waals surface area contributed by atoms with E-state index >= 15 is 0 Å². The smallest absolute Gasteiger partial charge is 0.000788 e. The molecule has 4 aliphatic carbocycles. The predicted molar refractivity (Wildman–Crippen MR) is 74.1 cm³/mol. The lowest BCUT2D eigenvalue weighted by Crippen LogP contribution is -1.90. The van der Waals surface area contributed by atoms with Crippen LogP contribution >= 0.6 is 0 Å². The molecular weight excluding hydrogens is 216 g/mol. The zero-order valence-electron chi connectivity index (χ0n) is 10.3. The van der Waals surface area contributed by atoms with Crippen LogP contribution in [0.2, 0.25) is 0 Å². The van der Waals surface area contributed by atoms with Crippen molar-refractivity contribution in [3.63, 3.8) is 0 Å². The van der Waals surface area contributed by atoms with Crippen LogP contribution < -0.4 is 0 Å². The molecule has 0 aliphatic heterocycles. The largest absolute Gasteiger partial charge is 0.0798 e. The molecule has 4 aliphatic rings. The molecule has 0 heteroatoms. The minimum Gasteiger partial charge on any atom is -0.0798 e. The van der Waals surface area contributed by atoms with Crippen molar-refractivity contribution in [2.75, 3.05) is 0 Å². The molecule has 86 valence electrons. The predicted octanol–water partition coefficient (Wildman–Crippen LogP) is 4.36. The number of benzene rings is 1. The lowest BCUT2D eigenvalue weighted by Gasteiger charge is -2.06. The van der Waals surface area contributed by atoms with Gasteiger partial charge < -0.3 is 0 Å². The summed E-state index contributed by atoms with van der Waals surface area (Å²) in [7, 11) is 0. The van der Waals surface area contributed by atoms with Gasteiger partial charge in [0.1, 0.15) is 0 Å². The van der Waals surface area contributed by atoms with Crippen LogP contribution in [0.5, 0.6) is 0 Å². The van der Waals surface area contributed by atoms with E-state index in [9.17, 15) is 0 Å². The fraction of sp³-hybridized carbons (Fsp3) is 0.222. The van der Waals surface area contributed by atoms with Gasteiger partial charge in [0, 0.05) is 0 Å². The second kappa shape index (κ2) is 2.95. The summed E-state index contributed by atoms with van der Waals surface area (Å²) in [6.45, 7) is 0. The maximum Gasteiger partial charge on any atom is -0.000788 e. The van der Waals surface area contributed by atoms with E-state index in [1.165, 1.54) is 36.8 Å². The molecular formula is C18H14. The van der Waals surface area contributed by atoms with Gasteiger partial charge in [-0.15, -0.1) is 0 Å². The highest BCUT2D eigenvalue weighted by Crippen LogP contribution is 2.54. The normalized spacial score (nSPS) is 22.9. The molecule has 1 aromatic carbocycles. The van der Waals surface area contributed by atoms with Gasteiger partial charge in [-0.2, -0.15) is 0 Å². The summed E-state index contributed by atoms with van der Waals surface area (Å²) in [5.41, 5.74) is 12.9. The lowest BCUT2D eigenvalue weighted by molar-refractivity contribution is 1.07. The molecule has 5 rings (SSSR count). The number of hydrogen-bond acceptors (Lipinski definition) is 0. The molecule has 0 nitrogen and oxygen atoms in total. The van der Waals surface area contributed by atoms with Gasteiger partial charge >= 0.3 is 0 Å². The van der Waals surface area contributed by atoms with Crippen LogP contribution in [0.3, 0.4) is 0 Å². The van der Waals surface area contributed by atoms with Crippen molar-refractivity contribution in [1.29, 1.82) is 0 Å². The standard InChI is InChI=1S/C18H14/c1-2-6-13-11(4-1)8-15-16-9-12-5-3-7-14(12)18(16)10-17(13)15/h1-4,6-7H,5,8-10H2. The molecule has 0 amide bonds. The molecule has 0 fully saturated rings. The Bertz CT molecular complexity index is 720. The lowest BCUT2D eigenvalue weighted by atomic mass is 9.98. The maximum atomic E-state index is 2.35. The number of hydrogen-bond donors (Lipinski definition) is 0. The molecule has 0 spiro atoms. The van der Waals surface area contributed by atoms with Crippen molar-refractivity contribution in [1.82, 2.24) is 0 Å².